The number of para-hydroxylation sites is 1. The van der Waals surface area contributed by atoms with E-state index in [9.17, 15) is 4.79 Å². The number of ether oxygens (including phenoxy) is 3. The molecule has 128 valence electrons. The molecule has 0 radical (unpaired) electrons. The highest BCUT2D eigenvalue weighted by molar-refractivity contribution is 9.10. The van der Waals surface area contributed by atoms with Gasteiger partial charge in [-0.15, -0.1) is 0 Å². The van der Waals surface area contributed by atoms with Gasteiger partial charge in [-0.1, -0.05) is 28.1 Å². The fraction of sp³-hybridized carbons (Fsp3) is 0.158. The SMILES string of the molecule is CCOc1ccccc1C1=NC(=Cc2cc(Br)ccc2OC)C(=O)O1. The van der Waals surface area contributed by atoms with Crippen LogP contribution in [0.2, 0.25) is 0 Å². The predicted octanol–water partition coefficient (Wildman–Crippen LogP) is 4.20. The van der Waals surface area contributed by atoms with Crippen molar-refractivity contribution in [1.29, 1.82) is 0 Å². The van der Waals surface area contributed by atoms with Crippen molar-refractivity contribution in [2.24, 2.45) is 4.99 Å². The molecule has 25 heavy (non-hydrogen) atoms. The Morgan fingerprint density at radius 3 is 2.76 bits per heavy atom. The van der Waals surface area contributed by atoms with Crippen LogP contribution in [0.1, 0.15) is 18.1 Å². The Kier molecular flexibility index (Phi) is 5.19. The van der Waals surface area contributed by atoms with E-state index < -0.39 is 5.97 Å². The Labute approximate surface area is 154 Å². The number of methoxy groups -OCH3 is 1. The third-order valence-corrected chi connectivity index (χ3v) is 4.02. The zero-order valence-electron chi connectivity index (χ0n) is 13.8. The third kappa shape index (κ3) is 3.74. The summed E-state index contributed by atoms with van der Waals surface area (Å²) in [6, 6.07) is 12.8. The van der Waals surface area contributed by atoms with Gasteiger partial charge in [-0.25, -0.2) is 9.79 Å². The van der Waals surface area contributed by atoms with Crippen LogP contribution in [0.4, 0.5) is 0 Å². The molecule has 0 spiro atoms. The Morgan fingerprint density at radius 2 is 2.00 bits per heavy atom. The van der Waals surface area contributed by atoms with Crippen molar-refractivity contribution < 1.29 is 19.0 Å². The van der Waals surface area contributed by atoms with Gasteiger partial charge in [0.1, 0.15) is 11.5 Å². The van der Waals surface area contributed by atoms with Crippen LogP contribution in [0.25, 0.3) is 6.08 Å². The van der Waals surface area contributed by atoms with E-state index in [2.05, 4.69) is 20.9 Å². The minimum absolute atomic E-state index is 0.206. The Morgan fingerprint density at radius 1 is 1.20 bits per heavy atom. The molecule has 1 heterocycles. The number of carbonyl (C=O) groups is 1. The highest BCUT2D eigenvalue weighted by Crippen LogP contribution is 2.29. The number of esters is 1. The fourth-order valence-corrected chi connectivity index (χ4v) is 2.79. The summed E-state index contributed by atoms with van der Waals surface area (Å²) in [4.78, 5) is 16.6. The molecule has 1 aliphatic heterocycles. The standard InChI is InChI=1S/C19H16BrNO4/c1-3-24-17-7-5-4-6-14(17)18-21-15(19(22)25-18)11-12-10-13(20)8-9-16(12)23-2/h4-11H,3H2,1-2H3. The lowest BCUT2D eigenvalue weighted by atomic mass is 10.1. The monoisotopic (exact) mass is 401 g/mol. The van der Waals surface area contributed by atoms with Crippen LogP contribution >= 0.6 is 15.9 Å². The number of hydrogen-bond donors (Lipinski definition) is 0. The first kappa shape index (κ1) is 17.2. The predicted molar refractivity (Wildman–Crippen MR) is 98.9 cm³/mol. The summed E-state index contributed by atoms with van der Waals surface area (Å²) in [5.41, 5.74) is 1.58. The smallest absolute Gasteiger partial charge is 0.363 e. The Hall–Kier alpha value is -2.60. The first-order valence-corrected chi connectivity index (χ1v) is 8.50. The molecular formula is C19H16BrNO4. The molecule has 2 aromatic rings. The van der Waals surface area contributed by atoms with E-state index in [1.54, 1.807) is 19.3 Å². The number of nitrogens with zero attached hydrogens (tertiary/aromatic N) is 1. The van der Waals surface area contributed by atoms with Gasteiger partial charge in [-0.2, -0.15) is 0 Å². The maximum absolute atomic E-state index is 12.2. The van der Waals surface area contributed by atoms with Crippen LogP contribution in [-0.4, -0.2) is 25.6 Å². The van der Waals surface area contributed by atoms with Gasteiger partial charge in [0, 0.05) is 10.0 Å². The molecule has 2 aromatic carbocycles. The number of carbonyl (C=O) groups excluding carboxylic acids is 1. The van der Waals surface area contributed by atoms with Crippen LogP contribution in [0.5, 0.6) is 11.5 Å². The molecule has 6 heteroatoms. The van der Waals surface area contributed by atoms with E-state index in [0.29, 0.717) is 23.7 Å². The van der Waals surface area contributed by atoms with Crippen LogP contribution < -0.4 is 9.47 Å². The Bertz CT molecular complexity index is 873. The van der Waals surface area contributed by atoms with Crippen molar-refractivity contribution in [3.05, 3.63) is 63.8 Å². The number of benzene rings is 2. The zero-order chi connectivity index (χ0) is 17.8. The summed E-state index contributed by atoms with van der Waals surface area (Å²) < 4.78 is 17.1. The second-order valence-electron chi connectivity index (χ2n) is 5.15. The summed E-state index contributed by atoms with van der Waals surface area (Å²) in [5.74, 6) is 0.984. The van der Waals surface area contributed by atoms with Gasteiger partial charge in [0.2, 0.25) is 5.90 Å². The molecule has 0 unspecified atom stereocenters. The van der Waals surface area contributed by atoms with Crippen molar-refractivity contribution >= 4 is 33.9 Å². The summed E-state index contributed by atoms with van der Waals surface area (Å²) in [7, 11) is 1.57. The van der Waals surface area contributed by atoms with E-state index in [-0.39, 0.29) is 11.6 Å². The molecule has 3 rings (SSSR count). The van der Waals surface area contributed by atoms with Crippen molar-refractivity contribution in [2.75, 3.05) is 13.7 Å². The van der Waals surface area contributed by atoms with Crippen LogP contribution in [-0.2, 0) is 9.53 Å². The van der Waals surface area contributed by atoms with Gasteiger partial charge in [0.25, 0.3) is 0 Å². The molecule has 5 nitrogen and oxygen atoms in total. The van der Waals surface area contributed by atoms with Gasteiger partial charge < -0.3 is 14.2 Å². The first-order chi connectivity index (χ1) is 12.1. The second kappa shape index (κ2) is 7.53. The van der Waals surface area contributed by atoms with Gasteiger partial charge in [0.05, 0.1) is 19.3 Å². The number of cyclic esters (lactones) is 1. The van der Waals surface area contributed by atoms with Crippen LogP contribution in [0, 0.1) is 0 Å². The molecule has 0 N–H and O–H groups in total. The van der Waals surface area contributed by atoms with E-state index in [4.69, 9.17) is 14.2 Å². The van der Waals surface area contributed by atoms with Crippen molar-refractivity contribution in [3.8, 4) is 11.5 Å². The third-order valence-electron chi connectivity index (χ3n) is 3.52. The molecule has 0 fully saturated rings. The number of hydrogen-bond acceptors (Lipinski definition) is 5. The van der Waals surface area contributed by atoms with Crippen molar-refractivity contribution in [1.82, 2.24) is 0 Å². The minimum Gasteiger partial charge on any atom is -0.496 e. The average molecular weight is 402 g/mol. The maximum Gasteiger partial charge on any atom is 0.363 e. The van der Waals surface area contributed by atoms with Crippen LogP contribution in [0.3, 0.4) is 0 Å². The van der Waals surface area contributed by atoms with E-state index in [0.717, 1.165) is 10.0 Å². The average Bonchev–Trinajstić information content (AvgIpc) is 2.96. The lowest BCUT2D eigenvalue weighted by Crippen LogP contribution is -2.07. The summed E-state index contributed by atoms with van der Waals surface area (Å²) in [6.07, 6.45) is 1.64. The van der Waals surface area contributed by atoms with E-state index >= 15 is 0 Å². The molecule has 0 saturated carbocycles. The highest BCUT2D eigenvalue weighted by atomic mass is 79.9. The molecule has 0 saturated heterocycles. The van der Waals surface area contributed by atoms with E-state index in [1.807, 2.05) is 43.3 Å². The topological polar surface area (TPSA) is 57.1 Å². The summed E-state index contributed by atoms with van der Waals surface area (Å²) in [6.45, 7) is 2.40. The minimum atomic E-state index is -0.511. The molecule has 0 bridgehead atoms. The number of halogens is 1. The molecule has 0 aromatic heterocycles. The zero-order valence-corrected chi connectivity index (χ0v) is 15.4. The quantitative estimate of drug-likeness (QED) is 0.556. The molecule has 0 aliphatic carbocycles. The second-order valence-corrected chi connectivity index (χ2v) is 6.07. The molecule has 1 aliphatic rings. The van der Waals surface area contributed by atoms with Gasteiger partial charge in [-0.05, 0) is 43.3 Å². The lowest BCUT2D eigenvalue weighted by molar-refractivity contribution is -0.129. The molecule has 0 amide bonds. The normalized spacial score (nSPS) is 15.1. The highest BCUT2D eigenvalue weighted by Gasteiger charge is 2.26. The van der Waals surface area contributed by atoms with Crippen LogP contribution in [0.15, 0.2) is 57.6 Å². The molecule has 0 atom stereocenters. The van der Waals surface area contributed by atoms with Gasteiger partial charge in [0.15, 0.2) is 5.70 Å². The Balaban J connectivity index is 2.00. The van der Waals surface area contributed by atoms with E-state index in [1.165, 1.54) is 0 Å². The van der Waals surface area contributed by atoms with Gasteiger partial charge in [-0.3, -0.25) is 0 Å². The summed E-state index contributed by atoms with van der Waals surface area (Å²) in [5, 5.41) is 0. The molecular weight excluding hydrogens is 386 g/mol. The number of rotatable bonds is 5. The maximum atomic E-state index is 12.2. The largest absolute Gasteiger partial charge is 0.496 e. The number of aliphatic imine (C=N–C) groups is 1. The van der Waals surface area contributed by atoms with Gasteiger partial charge >= 0.3 is 5.97 Å². The summed E-state index contributed by atoms with van der Waals surface area (Å²) >= 11 is 3.41. The lowest BCUT2D eigenvalue weighted by Gasteiger charge is -2.08. The van der Waals surface area contributed by atoms with Crippen molar-refractivity contribution in [2.45, 2.75) is 6.92 Å². The fourth-order valence-electron chi connectivity index (χ4n) is 2.41. The van der Waals surface area contributed by atoms with Crippen molar-refractivity contribution in [3.63, 3.8) is 0 Å². The first-order valence-electron chi connectivity index (χ1n) is 7.70.